The van der Waals surface area contributed by atoms with Crippen LogP contribution < -0.4 is 11.5 Å². The molecule has 0 aliphatic carbocycles. The Hall–Kier alpha value is -0.120. The van der Waals surface area contributed by atoms with Crippen molar-refractivity contribution in [2.45, 2.75) is 51.8 Å². The maximum atomic E-state index is 9.62. The molecule has 0 fully saturated rings. The van der Waals surface area contributed by atoms with Crippen molar-refractivity contribution in [1.82, 2.24) is 0 Å². The van der Waals surface area contributed by atoms with E-state index >= 15 is 0 Å². The van der Waals surface area contributed by atoms with E-state index in [2.05, 4.69) is 0 Å². The third-order valence-electron chi connectivity index (χ3n) is 2.35. The highest BCUT2D eigenvalue weighted by molar-refractivity contribution is 4.84. The van der Waals surface area contributed by atoms with Gasteiger partial charge < -0.3 is 16.6 Å². The first-order chi connectivity index (χ1) is 5.25. The van der Waals surface area contributed by atoms with Crippen LogP contribution in [0.3, 0.4) is 0 Å². The topological polar surface area (TPSA) is 72.3 Å². The molecule has 0 aliphatic rings. The van der Waals surface area contributed by atoms with E-state index < -0.39 is 11.6 Å². The zero-order valence-corrected chi connectivity index (χ0v) is 8.54. The van der Waals surface area contributed by atoms with Gasteiger partial charge in [0.2, 0.25) is 0 Å². The van der Waals surface area contributed by atoms with E-state index in [1.165, 1.54) is 0 Å². The van der Waals surface area contributed by atoms with Crippen molar-refractivity contribution in [2.75, 3.05) is 0 Å². The lowest BCUT2D eigenvalue weighted by Gasteiger charge is -2.29. The van der Waals surface area contributed by atoms with Crippen LogP contribution in [-0.4, -0.2) is 22.8 Å². The van der Waals surface area contributed by atoms with Crippen molar-refractivity contribution in [3.05, 3.63) is 0 Å². The van der Waals surface area contributed by atoms with Crippen molar-refractivity contribution in [2.24, 2.45) is 17.4 Å². The molecule has 74 valence electrons. The van der Waals surface area contributed by atoms with Gasteiger partial charge >= 0.3 is 0 Å². The summed E-state index contributed by atoms with van der Waals surface area (Å²) in [6.45, 7) is 7.62. The molecular weight excluding hydrogens is 152 g/mol. The van der Waals surface area contributed by atoms with Gasteiger partial charge in [-0.05, 0) is 33.1 Å². The van der Waals surface area contributed by atoms with Crippen LogP contribution in [0.15, 0.2) is 0 Å². The van der Waals surface area contributed by atoms with Crippen molar-refractivity contribution >= 4 is 0 Å². The lowest BCUT2D eigenvalue weighted by atomic mass is 9.88. The Labute approximate surface area is 75.1 Å². The van der Waals surface area contributed by atoms with E-state index in [1.54, 1.807) is 0 Å². The summed E-state index contributed by atoms with van der Waals surface area (Å²) in [7, 11) is 0. The Bertz CT molecular complexity index is 129. The van der Waals surface area contributed by atoms with E-state index in [1.807, 2.05) is 27.7 Å². The van der Waals surface area contributed by atoms with Gasteiger partial charge in [0.05, 0.1) is 6.10 Å². The maximum Gasteiger partial charge on any atom is 0.0717 e. The summed E-state index contributed by atoms with van der Waals surface area (Å²) < 4.78 is 0. The molecule has 0 aromatic carbocycles. The Balaban J connectivity index is 3.93. The molecule has 0 aromatic heterocycles. The Morgan fingerprint density at radius 3 is 2.00 bits per heavy atom. The van der Waals surface area contributed by atoms with Gasteiger partial charge in [-0.3, -0.25) is 0 Å². The van der Waals surface area contributed by atoms with Crippen molar-refractivity contribution in [3.8, 4) is 0 Å². The van der Waals surface area contributed by atoms with Crippen LogP contribution >= 0.6 is 0 Å². The van der Waals surface area contributed by atoms with Crippen LogP contribution in [0.1, 0.15) is 34.1 Å². The minimum Gasteiger partial charge on any atom is -0.391 e. The summed E-state index contributed by atoms with van der Waals surface area (Å²) >= 11 is 0. The third kappa shape index (κ3) is 4.04. The highest BCUT2D eigenvalue weighted by Crippen LogP contribution is 2.16. The summed E-state index contributed by atoms with van der Waals surface area (Å²) in [6.07, 6.45) is 0.194. The van der Waals surface area contributed by atoms with Gasteiger partial charge in [0.25, 0.3) is 0 Å². The fourth-order valence-electron chi connectivity index (χ4n) is 0.871. The second kappa shape index (κ2) is 4.21. The fraction of sp³-hybridized carbons (Fsp3) is 1.00. The van der Waals surface area contributed by atoms with E-state index in [4.69, 9.17) is 11.5 Å². The zero-order chi connectivity index (χ0) is 9.94. The Kier molecular flexibility index (Phi) is 4.17. The quantitative estimate of drug-likeness (QED) is 0.579. The van der Waals surface area contributed by atoms with Gasteiger partial charge in [-0.2, -0.15) is 0 Å². The molecule has 3 unspecified atom stereocenters. The van der Waals surface area contributed by atoms with Gasteiger partial charge in [-0.25, -0.2) is 0 Å². The second-order valence-electron chi connectivity index (χ2n) is 4.41. The molecule has 3 atom stereocenters. The molecule has 0 spiro atoms. The van der Waals surface area contributed by atoms with Crippen molar-refractivity contribution in [1.29, 1.82) is 0 Å². The molecule has 3 heteroatoms. The molecule has 0 saturated heterocycles. The molecular formula is C9H22N2O. The first kappa shape index (κ1) is 11.9. The largest absolute Gasteiger partial charge is 0.391 e. The lowest BCUT2D eigenvalue weighted by molar-refractivity contribution is 0.0776. The molecule has 0 saturated carbocycles. The highest BCUT2D eigenvalue weighted by Gasteiger charge is 2.25. The SMILES string of the molecule is CC(N)C(C)CC(O)C(C)(C)N. The maximum absolute atomic E-state index is 9.62. The molecule has 0 aliphatic heterocycles. The van der Waals surface area contributed by atoms with Gasteiger partial charge in [-0.15, -0.1) is 0 Å². The van der Waals surface area contributed by atoms with Crippen LogP contribution in [0.5, 0.6) is 0 Å². The molecule has 3 nitrogen and oxygen atoms in total. The summed E-state index contributed by atoms with van der Waals surface area (Å²) in [6, 6.07) is 0.113. The van der Waals surface area contributed by atoms with Gasteiger partial charge in [0.1, 0.15) is 0 Å². The van der Waals surface area contributed by atoms with Crippen molar-refractivity contribution < 1.29 is 5.11 Å². The number of rotatable bonds is 4. The monoisotopic (exact) mass is 174 g/mol. The second-order valence-corrected chi connectivity index (χ2v) is 4.41. The summed E-state index contributed by atoms with van der Waals surface area (Å²) in [5.74, 6) is 0.308. The molecule has 0 rings (SSSR count). The fourth-order valence-corrected chi connectivity index (χ4v) is 0.871. The predicted octanol–water partition coefficient (Wildman–Crippen LogP) is 0.458. The number of nitrogens with two attached hydrogens (primary N) is 2. The van der Waals surface area contributed by atoms with Crippen LogP contribution in [0, 0.1) is 5.92 Å². The van der Waals surface area contributed by atoms with Gasteiger partial charge in [0, 0.05) is 11.6 Å². The average Bonchev–Trinajstić information content (AvgIpc) is 1.85. The van der Waals surface area contributed by atoms with Crippen LogP contribution in [0.25, 0.3) is 0 Å². The average molecular weight is 174 g/mol. The van der Waals surface area contributed by atoms with Crippen molar-refractivity contribution in [3.63, 3.8) is 0 Å². The number of hydrogen-bond donors (Lipinski definition) is 3. The standard InChI is InChI=1S/C9H22N2O/c1-6(7(2)10)5-8(12)9(3,4)11/h6-8,12H,5,10-11H2,1-4H3. The summed E-state index contributed by atoms with van der Waals surface area (Å²) in [5, 5.41) is 9.62. The first-order valence-electron chi connectivity index (χ1n) is 4.47. The lowest BCUT2D eigenvalue weighted by Crippen LogP contribution is -2.46. The van der Waals surface area contributed by atoms with Crippen LogP contribution in [0.2, 0.25) is 0 Å². The Morgan fingerprint density at radius 1 is 1.33 bits per heavy atom. The molecule has 5 N–H and O–H groups in total. The third-order valence-corrected chi connectivity index (χ3v) is 2.35. The number of hydrogen-bond acceptors (Lipinski definition) is 3. The Morgan fingerprint density at radius 2 is 1.75 bits per heavy atom. The van der Waals surface area contributed by atoms with E-state index in [0.717, 1.165) is 0 Å². The van der Waals surface area contributed by atoms with E-state index in [0.29, 0.717) is 12.3 Å². The molecule has 0 amide bonds. The first-order valence-corrected chi connectivity index (χ1v) is 4.47. The summed E-state index contributed by atoms with van der Waals surface area (Å²) in [5.41, 5.74) is 10.9. The molecule has 0 heterocycles. The van der Waals surface area contributed by atoms with E-state index in [-0.39, 0.29) is 6.04 Å². The normalized spacial score (nSPS) is 20.2. The highest BCUT2D eigenvalue weighted by atomic mass is 16.3. The van der Waals surface area contributed by atoms with E-state index in [9.17, 15) is 5.11 Å². The number of aliphatic hydroxyl groups is 1. The zero-order valence-electron chi connectivity index (χ0n) is 8.54. The predicted molar refractivity (Wildman–Crippen MR) is 51.7 cm³/mol. The van der Waals surface area contributed by atoms with Gasteiger partial charge in [-0.1, -0.05) is 6.92 Å². The molecule has 0 radical (unpaired) electrons. The van der Waals surface area contributed by atoms with Crippen LogP contribution in [0.4, 0.5) is 0 Å². The molecule has 0 aromatic rings. The molecule has 0 bridgehead atoms. The smallest absolute Gasteiger partial charge is 0.0717 e. The van der Waals surface area contributed by atoms with Crippen LogP contribution in [-0.2, 0) is 0 Å². The minimum atomic E-state index is -0.525. The summed E-state index contributed by atoms with van der Waals surface area (Å²) in [4.78, 5) is 0. The minimum absolute atomic E-state index is 0.113. The van der Waals surface area contributed by atoms with Gasteiger partial charge in [0.15, 0.2) is 0 Å². The molecule has 12 heavy (non-hydrogen) atoms. The number of aliphatic hydroxyl groups excluding tert-OH is 1.